The van der Waals surface area contributed by atoms with Crippen molar-refractivity contribution in [2.45, 2.75) is 13.5 Å². The number of hydrogen-bond acceptors (Lipinski definition) is 3. The second-order valence-electron chi connectivity index (χ2n) is 5.91. The molecule has 0 aliphatic carbocycles. The van der Waals surface area contributed by atoms with Crippen LogP contribution < -0.4 is 10.9 Å². The van der Waals surface area contributed by atoms with E-state index in [4.69, 9.17) is 0 Å². The first-order valence-electron chi connectivity index (χ1n) is 8.22. The van der Waals surface area contributed by atoms with Gasteiger partial charge in [-0.05, 0) is 49.4 Å². The van der Waals surface area contributed by atoms with Gasteiger partial charge >= 0.3 is 0 Å². The van der Waals surface area contributed by atoms with Crippen LogP contribution in [0, 0.1) is 12.7 Å². The van der Waals surface area contributed by atoms with E-state index in [1.54, 1.807) is 30.3 Å². The van der Waals surface area contributed by atoms with Gasteiger partial charge in [0.15, 0.2) is 0 Å². The van der Waals surface area contributed by atoms with E-state index in [-0.39, 0.29) is 30.4 Å². The van der Waals surface area contributed by atoms with Gasteiger partial charge in [-0.3, -0.25) is 9.59 Å². The molecule has 6 heteroatoms. The first-order chi connectivity index (χ1) is 12.5. The van der Waals surface area contributed by atoms with Gasteiger partial charge in [0.1, 0.15) is 5.82 Å². The van der Waals surface area contributed by atoms with E-state index in [1.165, 1.54) is 22.9 Å². The number of hydrogen-bond donors (Lipinski definition) is 1. The predicted octanol–water partition coefficient (Wildman–Crippen LogP) is 2.79. The summed E-state index contributed by atoms with van der Waals surface area (Å²) in [5.41, 5.74) is 2.59. The van der Waals surface area contributed by atoms with Gasteiger partial charge in [0.25, 0.3) is 11.5 Å². The maximum atomic E-state index is 13.0. The zero-order valence-electron chi connectivity index (χ0n) is 14.3. The number of amides is 1. The molecule has 0 saturated heterocycles. The van der Waals surface area contributed by atoms with Gasteiger partial charge in [-0.15, -0.1) is 0 Å². The molecule has 26 heavy (non-hydrogen) atoms. The van der Waals surface area contributed by atoms with Gasteiger partial charge < -0.3 is 5.32 Å². The van der Waals surface area contributed by atoms with Crippen molar-refractivity contribution < 1.29 is 9.18 Å². The second kappa shape index (κ2) is 7.74. The number of benzene rings is 2. The van der Waals surface area contributed by atoms with Crippen LogP contribution in [0.1, 0.15) is 15.9 Å². The molecule has 0 unspecified atom stereocenters. The van der Waals surface area contributed by atoms with E-state index in [1.807, 2.05) is 19.1 Å². The molecule has 2 aromatic carbocycles. The fraction of sp³-hybridized carbons (Fsp3) is 0.150. The Hall–Kier alpha value is -3.28. The number of aromatic nitrogens is 2. The Morgan fingerprint density at radius 3 is 2.62 bits per heavy atom. The fourth-order valence-electron chi connectivity index (χ4n) is 2.55. The molecule has 0 atom stereocenters. The summed E-state index contributed by atoms with van der Waals surface area (Å²) in [4.78, 5) is 24.1. The third-order valence-electron chi connectivity index (χ3n) is 3.90. The predicted molar refractivity (Wildman–Crippen MR) is 97.4 cm³/mol. The largest absolute Gasteiger partial charge is 0.350 e. The van der Waals surface area contributed by atoms with Crippen molar-refractivity contribution >= 4 is 5.91 Å². The Morgan fingerprint density at radius 2 is 1.88 bits per heavy atom. The van der Waals surface area contributed by atoms with Gasteiger partial charge in [0.05, 0.1) is 12.2 Å². The van der Waals surface area contributed by atoms with E-state index in [2.05, 4.69) is 10.4 Å². The Bertz CT molecular complexity index is 981. The lowest BCUT2D eigenvalue weighted by atomic mass is 10.1. The normalized spacial score (nSPS) is 10.5. The lowest BCUT2D eigenvalue weighted by Gasteiger charge is -2.09. The van der Waals surface area contributed by atoms with Crippen LogP contribution in [-0.4, -0.2) is 22.2 Å². The molecule has 0 saturated carbocycles. The number of nitrogens with zero attached hydrogens (tertiary/aromatic N) is 2. The Balaban J connectivity index is 1.68. The maximum absolute atomic E-state index is 13.0. The van der Waals surface area contributed by atoms with E-state index < -0.39 is 0 Å². The smallest absolute Gasteiger partial charge is 0.266 e. The van der Waals surface area contributed by atoms with E-state index in [0.29, 0.717) is 16.8 Å². The van der Waals surface area contributed by atoms with Crippen molar-refractivity contribution in [3.05, 3.63) is 88.0 Å². The van der Waals surface area contributed by atoms with Crippen LogP contribution in [0.2, 0.25) is 0 Å². The maximum Gasteiger partial charge on any atom is 0.266 e. The highest BCUT2D eigenvalue weighted by atomic mass is 19.1. The number of aryl methyl sites for hydroxylation is 1. The van der Waals surface area contributed by atoms with Gasteiger partial charge in [-0.2, -0.15) is 5.10 Å². The van der Waals surface area contributed by atoms with Crippen molar-refractivity contribution in [1.82, 2.24) is 15.1 Å². The lowest BCUT2D eigenvalue weighted by molar-refractivity contribution is 0.0951. The highest BCUT2D eigenvalue weighted by molar-refractivity contribution is 5.94. The van der Waals surface area contributed by atoms with Crippen molar-refractivity contribution in [3.8, 4) is 11.3 Å². The molecule has 0 aliphatic heterocycles. The molecule has 1 aromatic heterocycles. The Labute approximate surface area is 150 Å². The molecule has 1 amide bonds. The van der Waals surface area contributed by atoms with Crippen molar-refractivity contribution in [2.24, 2.45) is 0 Å². The van der Waals surface area contributed by atoms with Gasteiger partial charge in [0, 0.05) is 23.7 Å². The Morgan fingerprint density at radius 1 is 1.12 bits per heavy atom. The molecular weight excluding hydrogens is 333 g/mol. The number of carbonyl (C=O) groups excluding carboxylic acids is 1. The first-order valence-corrected chi connectivity index (χ1v) is 8.22. The van der Waals surface area contributed by atoms with Gasteiger partial charge in [-0.25, -0.2) is 9.07 Å². The highest BCUT2D eigenvalue weighted by Crippen LogP contribution is 2.15. The zero-order valence-corrected chi connectivity index (χ0v) is 14.3. The van der Waals surface area contributed by atoms with Crippen molar-refractivity contribution in [1.29, 1.82) is 0 Å². The Kier molecular flexibility index (Phi) is 5.22. The monoisotopic (exact) mass is 351 g/mol. The molecule has 3 rings (SSSR count). The van der Waals surface area contributed by atoms with Crippen LogP contribution in [0.25, 0.3) is 11.3 Å². The summed E-state index contributed by atoms with van der Waals surface area (Å²) in [7, 11) is 0. The molecular formula is C20H18FN3O2. The first kappa shape index (κ1) is 17.5. The summed E-state index contributed by atoms with van der Waals surface area (Å²) >= 11 is 0. The van der Waals surface area contributed by atoms with E-state index in [0.717, 1.165) is 5.56 Å². The SMILES string of the molecule is Cc1cccc(C(=O)NCCn2nc(-c3ccc(F)cc3)ccc2=O)c1. The number of carbonyl (C=O) groups is 1. The van der Waals surface area contributed by atoms with Crippen LogP contribution in [-0.2, 0) is 6.54 Å². The minimum Gasteiger partial charge on any atom is -0.350 e. The summed E-state index contributed by atoms with van der Waals surface area (Å²) in [5, 5.41) is 7.07. The number of rotatable bonds is 5. The number of halogens is 1. The van der Waals surface area contributed by atoms with Crippen LogP contribution in [0.5, 0.6) is 0 Å². The average Bonchev–Trinajstić information content (AvgIpc) is 2.64. The molecule has 0 fully saturated rings. The summed E-state index contributed by atoms with van der Waals surface area (Å²) in [6, 6.07) is 16.2. The number of nitrogens with one attached hydrogen (secondary N) is 1. The topological polar surface area (TPSA) is 64.0 Å². The molecule has 1 N–H and O–H groups in total. The molecule has 0 spiro atoms. The van der Waals surface area contributed by atoms with Crippen molar-refractivity contribution in [3.63, 3.8) is 0 Å². The molecule has 5 nitrogen and oxygen atoms in total. The second-order valence-corrected chi connectivity index (χ2v) is 5.91. The van der Waals surface area contributed by atoms with Crippen LogP contribution in [0.3, 0.4) is 0 Å². The van der Waals surface area contributed by atoms with Crippen LogP contribution in [0.4, 0.5) is 4.39 Å². The lowest BCUT2D eigenvalue weighted by Crippen LogP contribution is -2.32. The van der Waals surface area contributed by atoms with E-state index in [9.17, 15) is 14.0 Å². The minimum atomic E-state index is -0.332. The van der Waals surface area contributed by atoms with Gasteiger partial charge in [-0.1, -0.05) is 17.7 Å². The van der Waals surface area contributed by atoms with Gasteiger partial charge in [0.2, 0.25) is 0 Å². The molecule has 3 aromatic rings. The average molecular weight is 351 g/mol. The van der Waals surface area contributed by atoms with Crippen molar-refractivity contribution in [2.75, 3.05) is 6.54 Å². The van der Waals surface area contributed by atoms with E-state index >= 15 is 0 Å². The summed E-state index contributed by atoms with van der Waals surface area (Å²) in [6.45, 7) is 2.43. The standard InChI is InChI=1S/C20H18FN3O2/c1-14-3-2-4-16(13-14)20(26)22-11-12-24-19(25)10-9-18(23-24)15-5-7-17(21)8-6-15/h2-10,13H,11-12H2,1H3,(H,22,26). The summed E-state index contributed by atoms with van der Waals surface area (Å²) in [5.74, 6) is -0.530. The fourth-order valence-corrected chi connectivity index (χ4v) is 2.55. The zero-order chi connectivity index (χ0) is 18.5. The summed E-state index contributed by atoms with van der Waals surface area (Å²) < 4.78 is 14.3. The van der Waals surface area contributed by atoms with Crippen LogP contribution >= 0.6 is 0 Å². The quantitative estimate of drug-likeness (QED) is 0.769. The van der Waals surface area contributed by atoms with Crippen LogP contribution in [0.15, 0.2) is 65.5 Å². The summed E-state index contributed by atoms with van der Waals surface area (Å²) in [6.07, 6.45) is 0. The third-order valence-corrected chi connectivity index (χ3v) is 3.90. The molecule has 132 valence electrons. The third kappa shape index (κ3) is 4.22. The minimum absolute atomic E-state index is 0.198. The highest BCUT2D eigenvalue weighted by Gasteiger charge is 2.07. The molecule has 0 bridgehead atoms. The molecule has 0 radical (unpaired) electrons. The molecule has 0 aliphatic rings. The molecule has 1 heterocycles.